The van der Waals surface area contributed by atoms with Crippen LogP contribution in [0, 0.1) is 0 Å². The van der Waals surface area contributed by atoms with E-state index in [4.69, 9.17) is 5.73 Å². The first-order valence-electron chi connectivity index (χ1n) is 5.91. The predicted molar refractivity (Wildman–Crippen MR) is 67.3 cm³/mol. The number of phenols is 1. The Morgan fingerprint density at radius 2 is 2.26 bits per heavy atom. The minimum Gasteiger partial charge on any atom is -0.508 e. The molecule has 2 aromatic rings. The number of amides is 1. The first-order chi connectivity index (χ1) is 9.13. The highest BCUT2D eigenvalue weighted by molar-refractivity contribution is 5.90. The Morgan fingerprint density at radius 3 is 3.00 bits per heavy atom. The summed E-state index contributed by atoms with van der Waals surface area (Å²) in [5, 5.41) is 15.6. The lowest BCUT2D eigenvalue weighted by molar-refractivity contribution is 0.0722. The molecule has 1 amide bonds. The predicted octanol–water partition coefficient (Wildman–Crippen LogP) is 0.291. The van der Waals surface area contributed by atoms with Gasteiger partial charge in [0.05, 0.1) is 0 Å². The van der Waals surface area contributed by atoms with Crippen LogP contribution in [0.4, 0.5) is 5.95 Å². The largest absolute Gasteiger partial charge is 0.508 e. The Hall–Kier alpha value is -2.57. The monoisotopic (exact) mass is 259 g/mol. The number of aromatic hydroxyl groups is 1. The number of hydrogen-bond donors (Lipinski definition) is 3. The van der Waals surface area contributed by atoms with Crippen LogP contribution in [0.3, 0.4) is 0 Å². The van der Waals surface area contributed by atoms with Gasteiger partial charge in [-0.2, -0.15) is 4.98 Å². The minimum absolute atomic E-state index is 0.0541. The summed E-state index contributed by atoms with van der Waals surface area (Å²) in [5.74, 6) is 0.162. The van der Waals surface area contributed by atoms with Gasteiger partial charge in [-0.3, -0.25) is 9.89 Å². The van der Waals surface area contributed by atoms with Gasteiger partial charge in [-0.1, -0.05) is 6.07 Å². The minimum atomic E-state index is -0.238. The highest BCUT2D eigenvalue weighted by atomic mass is 16.3. The van der Waals surface area contributed by atoms with Gasteiger partial charge in [0.25, 0.3) is 5.91 Å². The number of benzene rings is 1. The molecule has 0 bridgehead atoms. The standard InChI is InChI=1S/C12H13N5O2/c13-12-14-10(15-16-12)11(19)17-4-3-7-1-2-9(18)5-8(7)6-17/h1-2,5,18H,3-4,6H2,(H3,13,14,15,16). The second-order valence-electron chi connectivity index (χ2n) is 4.47. The second kappa shape index (κ2) is 4.27. The number of nitrogens with zero attached hydrogens (tertiary/aromatic N) is 3. The van der Waals surface area contributed by atoms with E-state index >= 15 is 0 Å². The number of fused-ring (bicyclic) bond motifs is 1. The van der Waals surface area contributed by atoms with E-state index in [-0.39, 0.29) is 23.4 Å². The van der Waals surface area contributed by atoms with Gasteiger partial charge in [0, 0.05) is 13.1 Å². The maximum Gasteiger partial charge on any atom is 0.291 e. The maximum atomic E-state index is 12.2. The zero-order valence-corrected chi connectivity index (χ0v) is 10.1. The molecule has 98 valence electrons. The number of aromatic nitrogens is 3. The van der Waals surface area contributed by atoms with Crippen molar-refractivity contribution in [1.29, 1.82) is 0 Å². The lowest BCUT2D eigenvalue weighted by Gasteiger charge is -2.28. The van der Waals surface area contributed by atoms with Gasteiger partial charge < -0.3 is 15.7 Å². The summed E-state index contributed by atoms with van der Waals surface area (Å²) in [6.07, 6.45) is 0.755. The molecule has 1 aliphatic rings. The lowest BCUT2D eigenvalue weighted by Crippen LogP contribution is -2.36. The van der Waals surface area contributed by atoms with Crippen LogP contribution in [0.2, 0.25) is 0 Å². The Kier molecular flexibility index (Phi) is 2.59. The summed E-state index contributed by atoms with van der Waals surface area (Å²) < 4.78 is 0. The van der Waals surface area contributed by atoms with E-state index in [1.807, 2.05) is 6.07 Å². The number of H-pyrrole nitrogens is 1. The van der Waals surface area contributed by atoms with Crippen molar-refractivity contribution in [3.05, 3.63) is 35.2 Å². The molecule has 0 spiro atoms. The number of nitrogen functional groups attached to an aromatic ring is 1. The molecule has 0 unspecified atom stereocenters. The van der Waals surface area contributed by atoms with Gasteiger partial charge in [-0.15, -0.1) is 5.10 Å². The number of rotatable bonds is 1. The molecule has 0 fully saturated rings. The zero-order valence-electron chi connectivity index (χ0n) is 10.1. The van der Waals surface area contributed by atoms with Crippen LogP contribution in [0.1, 0.15) is 21.7 Å². The molecule has 0 atom stereocenters. The number of carbonyl (C=O) groups excluding carboxylic acids is 1. The summed E-state index contributed by atoms with van der Waals surface area (Å²) in [5.41, 5.74) is 7.49. The van der Waals surface area contributed by atoms with Crippen molar-refractivity contribution in [2.45, 2.75) is 13.0 Å². The number of phenolic OH excluding ortho intramolecular Hbond substituents is 1. The van der Waals surface area contributed by atoms with Gasteiger partial charge in [0.1, 0.15) is 5.75 Å². The zero-order chi connectivity index (χ0) is 13.4. The molecule has 0 radical (unpaired) electrons. The second-order valence-corrected chi connectivity index (χ2v) is 4.47. The number of hydrogen-bond acceptors (Lipinski definition) is 5. The molecule has 0 saturated carbocycles. The number of nitrogens with one attached hydrogen (secondary N) is 1. The molecule has 2 heterocycles. The van der Waals surface area contributed by atoms with Crippen molar-refractivity contribution >= 4 is 11.9 Å². The third kappa shape index (κ3) is 2.10. The van der Waals surface area contributed by atoms with E-state index in [1.165, 1.54) is 0 Å². The van der Waals surface area contributed by atoms with E-state index in [2.05, 4.69) is 15.2 Å². The van der Waals surface area contributed by atoms with E-state index in [0.717, 1.165) is 17.5 Å². The summed E-state index contributed by atoms with van der Waals surface area (Å²) in [7, 11) is 0. The van der Waals surface area contributed by atoms with Crippen LogP contribution in [0.5, 0.6) is 5.75 Å². The molecule has 7 nitrogen and oxygen atoms in total. The maximum absolute atomic E-state index is 12.2. The van der Waals surface area contributed by atoms with Crippen LogP contribution < -0.4 is 5.73 Å². The van der Waals surface area contributed by atoms with Crippen LogP contribution in [0.25, 0.3) is 0 Å². The Bertz CT molecular complexity index is 637. The van der Waals surface area contributed by atoms with Crippen LogP contribution in [-0.2, 0) is 13.0 Å². The third-order valence-corrected chi connectivity index (χ3v) is 3.19. The summed E-state index contributed by atoms with van der Waals surface area (Å²) >= 11 is 0. The summed E-state index contributed by atoms with van der Waals surface area (Å²) in [6.45, 7) is 1.06. The van der Waals surface area contributed by atoms with Gasteiger partial charge in [-0.25, -0.2) is 0 Å². The molecule has 1 aromatic carbocycles. The van der Waals surface area contributed by atoms with Crippen molar-refractivity contribution in [2.75, 3.05) is 12.3 Å². The van der Waals surface area contributed by atoms with E-state index in [1.54, 1.807) is 17.0 Å². The fourth-order valence-electron chi connectivity index (χ4n) is 2.24. The molecular formula is C12H13N5O2. The van der Waals surface area contributed by atoms with Crippen molar-refractivity contribution < 1.29 is 9.90 Å². The van der Waals surface area contributed by atoms with Crippen LogP contribution >= 0.6 is 0 Å². The van der Waals surface area contributed by atoms with E-state index < -0.39 is 0 Å². The highest BCUT2D eigenvalue weighted by Crippen LogP contribution is 2.23. The van der Waals surface area contributed by atoms with Crippen LogP contribution in [0.15, 0.2) is 18.2 Å². The van der Waals surface area contributed by atoms with Crippen molar-refractivity contribution in [3.8, 4) is 5.75 Å². The average Bonchev–Trinajstić information content (AvgIpc) is 2.83. The normalized spacial score (nSPS) is 14.2. The molecule has 7 heteroatoms. The van der Waals surface area contributed by atoms with Crippen molar-refractivity contribution in [3.63, 3.8) is 0 Å². The molecular weight excluding hydrogens is 246 g/mol. The fraction of sp³-hybridized carbons (Fsp3) is 0.250. The number of nitrogens with two attached hydrogens (primary N) is 1. The van der Waals surface area contributed by atoms with Crippen molar-refractivity contribution in [1.82, 2.24) is 20.1 Å². The van der Waals surface area contributed by atoms with Gasteiger partial charge in [0.15, 0.2) is 0 Å². The number of carbonyl (C=O) groups is 1. The fourth-order valence-corrected chi connectivity index (χ4v) is 2.24. The molecule has 19 heavy (non-hydrogen) atoms. The van der Waals surface area contributed by atoms with E-state index in [0.29, 0.717) is 13.1 Å². The van der Waals surface area contributed by atoms with Gasteiger partial charge in [-0.05, 0) is 29.7 Å². The molecule has 0 aliphatic carbocycles. The average molecular weight is 259 g/mol. The molecule has 0 saturated heterocycles. The smallest absolute Gasteiger partial charge is 0.291 e. The first kappa shape index (κ1) is 11.5. The van der Waals surface area contributed by atoms with E-state index in [9.17, 15) is 9.90 Å². The Morgan fingerprint density at radius 1 is 1.42 bits per heavy atom. The number of aromatic amines is 1. The SMILES string of the molecule is Nc1n[nH]c(C(=O)N2CCc3ccc(O)cc3C2)n1. The molecule has 4 N–H and O–H groups in total. The highest BCUT2D eigenvalue weighted by Gasteiger charge is 2.24. The molecule has 3 rings (SSSR count). The quantitative estimate of drug-likeness (QED) is 0.682. The summed E-state index contributed by atoms with van der Waals surface area (Å²) in [4.78, 5) is 17.7. The van der Waals surface area contributed by atoms with Crippen LogP contribution in [-0.4, -0.2) is 37.6 Å². The van der Waals surface area contributed by atoms with Gasteiger partial charge >= 0.3 is 0 Å². The summed E-state index contributed by atoms with van der Waals surface area (Å²) in [6, 6.07) is 5.23. The third-order valence-electron chi connectivity index (χ3n) is 3.19. The Labute approximate surface area is 109 Å². The van der Waals surface area contributed by atoms with Gasteiger partial charge in [0.2, 0.25) is 11.8 Å². The molecule has 1 aromatic heterocycles. The van der Waals surface area contributed by atoms with Crippen molar-refractivity contribution in [2.24, 2.45) is 0 Å². The number of anilines is 1. The topological polar surface area (TPSA) is 108 Å². The Balaban J connectivity index is 1.83. The molecule has 1 aliphatic heterocycles. The lowest BCUT2D eigenvalue weighted by atomic mass is 9.99. The first-order valence-corrected chi connectivity index (χ1v) is 5.91.